The van der Waals surface area contributed by atoms with Gasteiger partial charge >= 0.3 is 0 Å². The summed E-state index contributed by atoms with van der Waals surface area (Å²) in [6, 6.07) is 31.1. The van der Waals surface area contributed by atoms with Gasteiger partial charge in [-0.1, -0.05) is 72.8 Å². The highest BCUT2D eigenvalue weighted by Crippen LogP contribution is 2.49. The van der Waals surface area contributed by atoms with Crippen molar-refractivity contribution in [1.29, 1.82) is 0 Å². The van der Waals surface area contributed by atoms with Crippen molar-refractivity contribution in [2.24, 2.45) is 0 Å². The second-order valence-corrected chi connectivity index (χ2v) is 8.85. The summed E-state index contributed by atoms with van der Waals surface area (Å²) in [5.41, 5.74) is 7.98. The molecule has 3 aromatic carbocycles. The maximum absolute atomic E-state index is 2.29. The molecule has 2 heteroatoms. The van der Waals surface area contributed by atoms with Crippen LogP contribution in [0.1, 0.15) is 20.9 Å². The zero-order valence-corrected chi connectivity index (χ0v) is 16.7. The Bertz CT molecular complexity index is 1330. The van der Waals surface area contributed by atoms with Gasteiger partial charge in [-0.3, -0.25) is 0 Å². The van der Waals surface area contributed by atoms with E-state index in [4.69, 9.17) is 0 Å². The highest BCUT2D eigenvalue weighted by atomic mass is 32.1. The number of rotatable bonds is 2. The van der Waals surface area contributed by atoms with Crippen LogP contribution in [-0.4, -0.2) is 0 Å². The van der Waals surface area contributed by atoms with Gasteiger partial charge in [0, 0.05) is 20.9 Å². The molecule has 0 fully saturated rings. The van der Waals surface area contributed by atoms with Gasteiger partial charge in [0.05, 0.1) is 0 Å². The van der Waals surface area contributed by atoms with Crippen LogP contribution >= 0.6 is 22.7 Å². The van der Waals surface area contributed by atoms with Crippen molar-refractivity contribution in [3.8, 4) is 11.1 Å². The minimum atomic E-state index is 1.30. The van der Waals surface area contributed by atoms with E-state index < -0.39 is 0 Å². The van der Waals surface area contributed by atoms with Gasteiger partial charge in [-0.25, -0.2) is 0 Å². The summed E-state index contributed by atoms with van der Waals surface area (Å²) in [7, 11) is 0. The van der Waals surface area contributed by atoms with Gasteiger partial charge in [0.25, 0.3) is 0 Å². The number of benzene rings is 3. The lowest BCUT2D eigenvalue weighted by Crippen LogP contribution is -1.93. The Morgan fingerprint density at radius 3 is 1.64 bits per heavy atom. The summed E-state index contributed by atoms with van der Waals surface area (Å²) in [5.74, 6) is 0. The molecule has 2 heterocycles. The molecule has 1 aliphatic carbocycles. The number of fused-ring (bicyclic) bond motifs is 2. The molecule has 0 bridgehead atoms. The molecule has 0 amide bonds. The Morgan fingerprint density at radius 2 is 1.00 bits per heavy atom. The molecule has 0 unspecified atom stereocenters. The molecule has 0 spiro atoms. The molecule has 0 saturated heterocycles. The molecule has 0 nitrogen and oxygen atoms in total. The minimum Gasteiger partial charge on any atom is -0.144 e. The lowest BCUT2D eigenvalue weighted by molar-refractivity contribution is 1.60. The SMILES string of the molecule is c1csc(C2=C(c3cccs3)c3cccc4cccc(c34)-c3ccccc32)c1. The predicted octanol–water partition coefficient (Wildman–Crippen LogP) is 7.95. The van der Waals surface area contributed by atoms with Crippen LogP contribution in [0.2, 0.25) is 0 Å². The Hall–Kier alpha value is -2.94. The maximum Gasteiger partial charge on any atom is 0.0355 e. The second-order valence-electron chi connectivity index (χ2n) is 6.96. The van der Waals surface area contributed by atoms with Gasteiger partial charge in [-0.15, -0.1) is 22.7 Å². The van der Waals surface area contributed by atoms with E-state index in [1.165, 1.54) is 53.9 Å². The Morgan fingerprint density at radius 1 is 0.429 bits per heavy atom. The smallest absolute Gasteiger partial charge is 0.0355 e. The zero-order chi connectivity index (χ0) is 18.5. The van der Waals surface area contributed by atoms with Crippen molar-refractivity contribution < 1.29 is 0 Å². The van der Waals surface area contributed by atoms with Crippen LogP contribution in [0.5, 0.6) is 0 Å². The molecule has 1 aliphatic rings. The first kappa shape index (κ1) is 16.1. The summed E-state index contributed by atoms with van der Waals surface area (Å²) in [4.78, 5) is 2.64. The van der Waals surface area contributed by atoms with E-state index in [0.717, 1.165) is 0 Å². The van der Waals surface area contributed by atoms with Crippen LogP contribution in [0.15, 0.2) is 95.7 Å². The van der Waals surface area contributed by atoms with E-state index in [-0.39, 0.29) is 0 Å². The second kappa shape index (κ2) is 6.30. The first-order chi connectivity index (χ1) is 13.9. The van der Waals surface area contributed by atoms with Crippen molar-refractivity contribution in [2.75, 3.05) is 0 Å². The third-order valence-corrected chi connectivity index (χ3v) is 7.22. The largest absolute Gasteiger partial charge is 0.144 e. The molecule has 6 rings (SSSR count). The van der Waals surface area contributed by atoms with Crippen LogP contribution < -0.4 is 0 Å². The van der Waals surface area contributed by atoms with E-state index in [0.29, 0.717) is 0 Å². The van der Waals surface area contributed by atoms with Crippen molar-refractivity contribution in [1.82, 2.24) is 0 Å². The molecule has 0 atom stereocenters. The molecule has 2 aromatic heterocycles. The van der Waals surface area contributed by atoms with Gasteiger partial charge in [0.15, 0.2) is 0 Å². The van der Waals surface area contributed by atoms with Crippen molar-refractivity contribution >= 4 is 44.6 Å². The molecule has 0 saturated carbocycles. The van der Waals surface area contributed by atoms with Gasteiger partial charge in [-0.2, -0.15) is 0 Å². The Labute approximate surface area is 172 Å². The fourth-order valence-corrected chi connectivity index (χ4v) is 5.91. The van der Waals surface area contributed by atoms with E-state index in [1.807, 2.05) is 22.7 Å². The third-order valence-electron chi connectivity index (χ3n) is 5.45. The molecule has 28 heavy (non-hydrogen) atoms. The summed E-state index contributed by atoms with van der Waals surface area (Å²) in [6.07, 6.45) is 0. The predicted molar refractivity (Wildman–Crippen MR) is 123 cm³/mol. The molecule has 0 N–H and O–H groups in total. The molecular formula is C26H16S2. The average molecular weight is 393 g/mol. The lowest BCUT2D eigenvalue weighted by atomic mass is 9.92. The van der Waals surface area contributed by atoms with Crippen LogP contribution in [-0.2, 0) is 0 Å². The number of hydrogen-bond acceptors (Lipinski definition) is 2. The summed E-state index contributed by atoms with van der Waals surface area (Å²) in [6.45, 7) is 0. The minimum absolute atomic E-state index is 1.30. The van der Waals surface area contributed by atoms with Gasteiger partial charge in [0.1, 0.15) is 0 Å². The normalized spacial score (nSPS) is 12.9. The molecule has 0 radical (unpaired) electrons. The molecule has 5 aromatic rings. The van der Waals surface area contributed by atoms with Crippen LogP contribution in [0.4, 0.5) is 0 Å². The number of thiophene rings is 2. The Balaban J connectivity index is 1.89. The zero-order valence-electron chi connectivity index (χ0n) is 15.1. The summed E-state index contributed by atoms with van der Waals surface area (Å²) >= 11 is 3.64. The van der Waals surface area contributed by atoms with E-state index in [1.54, 1.807) is 0 Å². The van der Waals surface area contributed by atoms with Crippen LogP contribution in [0.3, 0.4) is 0 Å². The highest BCUT2D eigenvalue weighted by molar-refractivity contribution is 7.12. The van der Waals surface area contributed by atoms with Gasteiger partial charge < -0.3 is 0 Å². The topological polar surface area (TPSA) is 0 Å². The van der Waals surface area contributed by atoms with Crippen LogP contribution in [0.25, 0.3) is 33.0 Å². The molecule has 132 valence electrons. The Kier molecular flexibility index (Phi) is 3.61. The summed E-state index contributed by atoms with van der Waals surface area (Å²) < 4.78 is 0. The fourth-order valence-electron chi connectivity index (χ4n) is 4.33. The standard InChI is InChI=1S/C26H16S2/c1-2-10-20-18(9-1)19-11-3-7-17-8-4-12-21(24(17)19)26(23-14-6-16-28-23)25(20)22-13-5-15-27-22/h1-16H. The fraction of sp³-hybridized carbons (Fsp3) is 0. The highest BCUT2D eigenvalue weighted by Gasteiger charge is 2.25. The van der Waals surface area contributed by atoms with E-state index in [2.05, 4.69) is 95.7 Å². The summed E-state index contributed by atoms with van der Waals surface area (Å²) in [5, 5.41) is 7.01. The van der Waals surface area contributed by atoms with Crippen molar-refractivity contribution in [3.63, 3.8) is 0 Å². The first-order valence-electron chi connectivity index (χ1n) is 9.36. The van der Waals surface area contributed by atoms with E-state index in [9.17, 15) is 0 Å². The lowest BCUT2D eigenvalue weighted by Gasteiger charge is -2.15. The maximum atomic E-state index is 2.29. The quantitative estimate of drug-likeness (QED) is 0.280. The molecular weight excluding hydrogens is 376 g/mol. The van der Waals surface area contributed by atoms with Gasteiger partial charge in [0.2, 0.25) is 0 Å². The average Bonchev–Trinajstić information content (AvgIpc) is 3.44. The molecule has 0 aliphatic heterocycles. The van der Waals surface area contributed by atoms with E-state index >= 15 is 0 Å². The van der Waals surface area contributed by atoms with Crippen molar-refractivity contribution in [2.45, 2.75) is 0 Å². The number of hydrogen-bond donors (Lipinski definition) is 0. The first-order valence-corrected chi connectivity index (χ1v) is 11.1. The van der Waals surface area contributed by atoms with Gasteiger partial charge in [-0.05, 0) is 55.9 Å². The van der Waals surface area contributed by atoms with Crippen molar-refractivity contribution in [3.05, 3.63) is 117 Å². The monoisotopic (exact) mass is 392 g/mol. The third kappa shape index (κ3) is 2.29. The van der Waals surface area contributed by atoms with Crippen LogP contribution in [0, 0.1) is 0 Å².